The first kappa shape index (κ1) is 28.5. The highest BCUT2D eigenvalue weighted by atomic mass is 16.5. The van der Waals surface area contributed by atoms with Crippen molar-refractivity contribution in [3.8, 4) is 50.7 Å². The fourth-order valence-corrected chi connectivity index (χ4v) is 7.68. The van der Waals surface area contributed by atoms with Crippen LogP contribution in [0.1, 0.15) is 17.0 Å². The number of hydrogen-bond acceptors (Lipinski definition) is 3. The van der Waals surface area contributed by atoms with Crippen LogP contribution in [0.25, 0.3) is 71.8 Å². The Hall–Kier alpha value is -6.52. The van der Waals surface area contributed by atoms with Crippen molar-refractivity contribution in [2.75, 3.05) is 0 Å². The molecular weight excluding hydrogens is 611 g/mol. The lowest BCUT2D eigenvalue weighted by Gasteiger charge is -2.20. The molecular formula is C46H31N3O. The zero-order chi connectivity index (χ0) is 33.2. The summed E-state index contributed by atoms with van der Waals surface area (Å²) >= 11 is 0. The zero-order valence-corrected chi connectivity index (χ0v) is 27.5. The molecule has 7 aromatic carbocycles. The Bertz CT molecular complexity index is 2770. The van der Waals surface area contributed by atoms with Crippen LogP contribution in [0.3, 0.4) is 0 Å². The molecule has 0 aliphatic carbocycles. The van der Waals surface area contributed by atoms with Gasteiger partial charge in [0.05, 0.1) is 17.2 Å². The van der Waals surface area contributed by atoms with Gasteiger partial charge in [0.2, 0.25) is 0 Å². The van der Waals surface area contributed by atoms with E-state index in [9.17, 15) is 0 Å². The van der Waals surface area contributed by atoms with Crippen LogP contribution in [-0.4, -0.2) is 14.5 Å². The van der Waals surface area contributed by atoms with Crippen LogP contribution in [-0.2, 0) is 6.42 Å². The topological polar surface area (TPSA) is 39.9 Å². The molecule has 9 aromatic rings. The molecule has 4 nitrogen and oxygen atoms in total. The normalized spacial score (nSPS) is 11.9. The lowest BCUT2D eigenvalue weighted by atomic mass is 9.90. The number of para-hydroxylation sites is 2. The van der Waals surface area contributed by atoms with Crippen molar-refractivity contribution < 1.29 is 4.74 Å². The van der Waals surface area contributed by atoms with E-state index in [1.165, 1.54) is 55.2 Å². The smallest absolute Gasteiger partial charge is 0.172 e. The molecule has 0 amide bonds. The van der Waals surface area contributed by atoms with Crippen LogP contribution in [0.15, 0.2) is 158 Å². The number of benzene rings is 7. The minimum absolute atomic E-state index is 0.596. The quantitative estimate of drug-likeness (QED) is 0.188. The Morgan fingerprint density at radius 3 is 2.22 bits per heavy atom. The van der Waals surface area contributed by atoms with Gasteiger partial charge in [-0.05, 0) is 88.2 Å². The third-order valence-corrected chi connectivity index (χ3v) is 10.1. The third kappa shape index (κ3) is 4.53. The largest absolute Gasteiger partial charge is 0.453 e. The van der Waals surface area contributed by atoms with Gasteiger partial charge in [-0.3, -0.25) is 0 Å². The summed E-state index contributed by atoms with van der Waals surface area (Å²) in [4.78, 5) is 9.94. The fraction of sp³-hybridized carbons (Fsp3) is 0.0435. The first-order valence-corrected chi connectivity index (χ1v) is 17.0. The predicted molar refractivity (Wildman–Crippen MR) is 204 cm³/mol. The maximum atomic E-state index is 6.29. The first-order chi connectivity index (χ1) is 24.7. The van der Waals surface area contributed by atoms with Crippen molar-refractivity contribution in [2.45, 2.75) is 13.3 Å². The number of ether oxygens (including phenoxy) is 1. The molecule has 0 atom stereocenters. The van der Waals surface area contributed by atoms with Crippen molar-refractivity contribution in [2.24, 2.45) is 0 Å². The third-order valence-electron chi connectivity index (χ3n) is 10.1. The van der Waals surface area contributed by atoms with Crippen LogP contribution in [0.4, 0.5) is 0 Å². The molecule has 236 valence electrons. The fourth-order valence-electron chi connectivity index (χ4n) is 7.68. The lowest BCUT2D eigenvalue weighted by molar-refractivity contribution is 0.481. The number of fused-ring (bicyclic) bond motifs is 5. The van der Waals surface area contributed by atoms with Gasteiger partial charge in [-0.15, -0.1) is 0 Å². The monoisotopic (exact) mass is 641 g/mol. The molecule has 2 aromatic heterocycles. The Labute approximate surface area is 289 Å². The zero-order valence-electron chi connectivity index (χ0n) is 27.5. The van der Waals surface area contributed by atoms with Crippen LogP contribution < -0.4 is 4.74 Å². The second-order valence-corrected chi connectivity index (χ2v) is 13.0. The highest BCUT2D eigenvalue weighted by Crippen LogP contribution is 2.45. The maximum Gasteiger partial charge on any atom is 0.172 e. The van der Waals surface area contributed by atoms with E-state index in [0.29, 0.717) is 12.2 Å². The molecule has 0 N–H and O–H groups in total. The predicted octanol–water partition coefficient (Wildman–Crippen LogP) is 11.7. The van der Waals surface area contributed by atoms with E-state index in [2.05, 4.69) is 151 Å². The Kier molecular flexibility index (Phi) is 6.43. The number of rotatable bonds is 5. The Balaban J connectivity index is 1.09. The van der Waals surface area contributed by atoms with Crippen molar-refractivity contribution in [1.29, 1.82) is 0 Å². The summed E-state index contributed by atoms with van der Waals surface area (Å²) in [5.41, 5.74) is 12.7. The average molecular weight is 642 g/mol. The van der Waals surface area contributed by atoms with Crippen LogP contribution in [0.2, 0.25) is 0 Å². The van der Waals surface area contributed by atoms with Crippen molar-refractivity contribution in [3.63, 3.8) is 0 Å². The molecule has 0 radical (unpaired) electrons. The Morgan fingerprint density at radius 2 is 1.32 bits per heavy atom. The van der Waals surface area contributed by atoms with Gasteiger partial charge >= 0.3 is 0 Å². The van der Waals surface area contributed by atoms with Gasteiger partial charge in [0.15, 0.2) is 5.75 Å². The van der Waals surface area contributed by atoms with E-state index in [-0.39, 0.29) is 0 Å². The molecule has 50 heavy (non-hydrogen) atoms. The van der Waals surface area contributed by atoms with Gasteiger partial charge in [-0.1, -0.05) is 109 Å². The van der Waals surface area contributed by atoms with Gasteiger partial charge in [-0.25, -0.2) is 9.97 Å². The summed E-state index contributed by atoms with van der Waals surface area (Å²) < 4.78 is 8.65. The van der Waals surface area contributed by atoms with E-state index < -0.39 is 0 Å². The highest BCUT2D eigenvalue weighted by Gasteiger charge is 2.23. The molecule has 0 spiro atoms. The maximum absolute atomic E-state index is 6.29. The summed E-state index contributed by atoms with van der Waals surface area (Å²) in [7, 11) is 0. The first-order valence-electron chi connectivity index (χ1n) is 17.0. The second kappa shape index (κ2) is 11.3. The number of nitrogens with zero attached hydrogens (tertiary/aromatic N) is 3. The van der Waals surface area contributed by atoms with E-state index in [4.69, 9.17) is 14.7 Å². The van der Waals surface area contributed by atoms with E-state index in [1.807, 2.05) is 18.3 Å². The van der Waals surface area contributed by atoms with Gasteiger partial charge in [0.1, 0.15) is 17.3 Å². The van der Waals surface area contributed by atoms with Crippen molar-refractivity contribution in [1.82, 2.24) is 14.5 Å². The average Bonchev–Trinajstić information content (AvgIpc) is 3.50. The molecule has 0 bridgehead atoms. The molecule has 10 rings (SSSR count). The van der Waals surface area contributed by atoms with Crippen LogP contribution in [0, 0.1) is 6.92 Å². The minimum atomic E-state index is 0.596. The summed E-state index contributed by atoms with van der Waals surface area (Å²) in [5.74, 6) is 2.31. The molecule has 1 aliphatic heterocycles. The molecule has 4 heteroatoms. The minimum Gasteiger partial charge on any atom is -0.453 e. The van der Waals surface area contributed by atoms with E-state index in [0.717, 1.165) is 39.3 Å². The molecule has 0 fully saturated rings. The van der Waals surface area contributed by atoms with Crippen molar-refractivity contribution >= 4 is 32.6 Å². The van der Waals surface area contributed by atoms with Gasteiger partial charge in [-0.2, -0.15) is 0 Å². The summed E-state index contributed by atoms with van der Waals surface area (Å²) in [6.07, 6.45) is 2.42. The second-order valence-electron chi connectivity index (χ2n) is 13.0. The van der Waals surface area contributed by atoms with E-state index >= 15 is 0 Å². The lowest BCUT2D eigenvalue weighted by Crippen LogP contribution is -2.05. The summed E-state index contributed by atoms with van der Waals surface area (Å²) in [6.45, 7) is 2.18. The summed E-state index contributed by atoms with van der Waals surface area (Å²) in [6, 6.07) is 54.1. The van der Waals surface area contributed by atoms with Gasteiger partial charge in [0, 0.05) is 33.8 Å². The molecule has 1 aliphatic rings. The van der Waals surface area contributed by atoms with Crippen LogP contribution >= 0.6 is 0 Å². The van der Waals surface area contributed by atoms with Crippen molar-refractivity contribution in [3.05, 3.63) is 175 Å². The van der Waals surface area contributed by atoms with Crippen LogP contribution in [0.5, 0.6) is 11.5 Å². The molecule has 3 heterocycles. The molecule has 0 unspecified atom stereocenters. The Morgan fingerprint density at radius 1 is 0.580 bits per heavy atom. The number of hydrogen-bond donors (Lipinski definition) is 0. The molecule has 0 saturated carbocycles. The SMILES string of the molecule is Cc1ccccc1-c1cc(-c2ccc3c(c2)c2ccccc2n3-c2ccccc2)ccc1Cc1ncc2c(n1)-c1cccc3cccc(c13)O2. The molecule has 0 saturated heterocycles. The number of aromatic nitrogens is 3. The highest BCUT2D eigenvalue weighted by molar-refractivity contribution is 6.10. The summed E-state index contributed by atoms with van der Waals surface area (Å²) in [5, 5.41) is 4.73. The van der Waals surface area contributed by atoms with Gasteiger partial charge in [0.25, 0.3) is 0 Å². The number of aryl methyl sites for hydroxylation is 1. The van der Waals surface area contributed by atoms with E-state index in [1.54, 1.807) is 0 Å². The standard InChI is InChI=1S/C46H31N3O/c1-29-11-5-6-16-35(29)38-25-31(32-23-24-41-39(26-32)36-17-7-8-19-40(36)49(41)34-14-3-2-4-15-34)21-22-33(38)27-44-47-28-43-46(48-44)37-18-9-12-30-13-10-20-42(50-43)45(30)37/h2-26,28H,27H2,1H3. The van der Waals surface area contributed by atoms with Gasteiger partial charge < -0.3 is 9.30 Å².